The molecule has 2 aromatic rings. The lowest BCUT2D eigenvalue weighted by Crippen LogP contribution is -2.30. The van der Waals surface area contributed by atoms with Crippen LogP contribution in [0, 0.1) is 5.82 Å². The van der Waals surface area contributed by atoms with Crippen molar-refractivity contribution in [1.29, 1.82) is 0 Å². The van der Waals surface area contributed by atoms with Crippen molar-refractivity contribution < 1.29 is 21.2 Å². The molecular weight excluding hydrogens is 379 g/mol. The van der Waals surface area contributed by atoms with E-state index in [0.717, 1.165) is 4.31 Å². The highest BCUT2D eigenvalue weighted by atomic mass is 32.2. The summed E-state index contributed by atoms with van der Waals surface area (Å²) in [4.78, 5) is 0.138. The third-order valence-electron chi connectivity index (χ3n) is 4.28. The molecule has 0 spiro atoms. The van der Waals surface area contributed by atoms with Gasteiger partial charge in [0.25, 0.3) is 0 Å². The van der Waals surface area contributed by atoms with Gasteiger partial charge in [-0.2, -0.15) is 0 Å². The predicted molar refractivity (Wildman–Crippen MR) is 97.4 cm³/mol. The van der Waals surface area contributed by atoms with Crippen molar-refractivity contribution in [3.63, 3.8) is 0 Å². The van der Waals surface area contributed by atoms with E-state index in [1.165, 1.54) is 60.9 Å². The SMILES string of the molecule is CN(C)S(=O)(=O)c1ccc2c(c1)CCN2S(=O)(=O)Cc1ccc(F)cc1. The summed E-state index contributed by atoms with van der Waals surface area (Å²) < 4.78 is 65.4. The first kappa shape index (κ1) is 18.8. The molecule has 9 heteroatoms. The van der Waals surface area contributed by atoms with Crippen molar-refractivity contribution in [3.05, 3.63) is 59.4 Å². The molecule has 26 heavy (non-hydrogen) atoms. The summed E-state index contributed by atoms with van der Waals surface area (Å²) in [5.41, 5.74) is 1.66. The van der Waals surface area contributed by atoms with Gasteiger partial charge in [-0.1, -0.05) is 12.1 Å². The molecular formula is C17H19FN2O4S2. The number of benzene rings is 2. The second kappa shape index (κ2) is 6.64. The van der Waals surface area contributed by atoms with Crippen LogP contribution in [0.25, 0.3) is 0 Å². The Morgan fingerprint density at radius 1 is 1.04 bits per heavy atom. The van der Waals surface area contributed by atoms with Gasteiger partial charge < -0.3 is 0 Å². The second-order valence-electron chi connectivity index (χ2n) is 6.28. The first-order valence-electron chi connectivity index (χ1n) is 7.91. The zero-order valence-electron chi connectivity index (χ0n) is 14.4. The number of sulfonamides is 2. The molecule has 6 nitrogen and oxygen atoms in total. The summed E-state index contributed by atoms with van der Waals surface area (Å²) in [6, 6.07) is 9.80. The summed E-state index contributed by atoms with van der Waals surface area (Å²) in [6.07, 6.45) is 0.439. The van der Waals surface area contributed by atoms with Crippen LogP contribution in [0.15, 0.2) is 47.4 Å². The molecule has 0 atom stereocenters. The third-order valence-corrected chi connectivity index (χ3v) is 7.84. The molecule has 0 bridgehead atoms. The first-order chi connectivity index (χ1) is 12.1. The van der Waals surface area contributed by atoms with Gasteiger partial charge in [0.2, 0.25) is 20.0 Å². The number of rotatable bonds is 5. The molecule has 0 aromatic heterocycles. The van der Waals surface area contributed by atoms with Crippen LogP contribution in [-0.4, -0.2) is 41.8 Å². The minimum Gasteiger partial charge on any atom is -0.269 e. The zero-order valence-corrected chi connectivity index (χ0v) is 16.0. The maximum Gasteiger partial charge on any atom is 0.242 e. The van der Waals surface area contributed by atoms with E-state index in [4.69, 9.17) is 0 Å². The summed E-state index contributed by atoms with van der Waals surface area (Å²) in [5.74, 6) is -0.669. The monoisotopic (exact) mass is 398 g/mol. The topological polar surface area (TPSA) is 74.8 Å². The standard InChI is InChI=1S/C17H19FN2O4S2/c1-19(2)26(23,24)16-7-8-17-14(11-16)9-10-20(17)25(21,22)12-13-3-5-15(18)6-4-13/h3-8,11H,9-10,12H2,1-2H3. The molecule has 1 aliphatic heterocycles. The van der Waals surface area contributed by atoms with E-state index in [9.17, 15) is 21.2 Å². The fraction of sp³-hybridized carbons (Fsp3) is 0.294. The van der Waals surface area contributed by atoms with E-state index in [0.29, 0.717) is 23.2 Å². The highest BCUT2D eigenvalue weighted by Crippen LogP contribution is 2.33. The fourth-order valence-electron chi connectivity index (χ4n) is 2.88. The molecule has 0 unspecified atom stereocenters. The number of fused-ring (bicyclic) bond motifs is 1. The summed E-state index contributed by atoms with van der Waals surface area (Å²) in [6.45, 7) is 0.254. The lowest BCUT2D eigenvalue weighted by Gasteiger charge is -2.20. The van der Waals surface area contributed by atoms with Crippen LogP contribution >= 0.6 is 0 Å². The van der Waals surface area contributed by atoms with Crippen LogP contribution in [0.2, 0.25) is 0 Å². The highest BCUT2D eigenvalue weighted by molar-refractivity contribution is 7.92. The number of nitrogens with zero attached hydrogens (tertiary/aromatic N) is 2. The van der Waals surface area contributed by atoms with Gasteiger partial charge in [0.15, 0.2) is 0 Å². The molecule has 1 aliphatic rings. The van der Waals surface area contributed by atoms with E-state index in [1.807, 2.05) is 0 Å². The van der Waals surface area contributed by atoms with Crippen LogP contribution in [-0.2, 0) is 32.2 Å². The number of hydrogen-bond donors (Lipinski definition) is 0. The largest absolute Gasteiger partial charge is 0.269 e. The summed E-state index contributed by atoms with van der Waals surface area (Å²) >= 11 is 0. The molecule has 0 fully saturated rings. The Labute approximate surface area is 153 Å². The molecule has 3 rings (SSSR count). The third kappa shape index (κ3) is 3.46. The van der Waals surface area contributed by atoms with Gasteiger partial charge in [0.1, 0.15) is 5.82 Å². The maximum atomic E-state index is 13.0. The Kier molecular flexibility index (Phi) is 4.80. The lowest BCUT2D eigenvalue weighted by molar-refractivity contribution is 0.520. The lowest BCUT2D eigenvalue weighted by atomic mass is 10.2. The Hall–Kier alpha value is -1.97. The average Bonchev–Trinajstić information content (AvgIpc) is 3.00. The maximum absolute atomic E-state index is 13.0. The molecule has 0 saturated heterocycles. The van der Waals surface area contributed by atoms with Gasteiger partial charge in [0, 0.05) is 20.6 Å². The van der Waals surface area contributed by atoms with E-state index in [2.05, 4.69) is 0 Å². The average molecular weight is 398 g/mol. The zero-order chi connectivity index (χ0) is 19.1. The van der Waals surface area contributed by atoms with Gasteiger partial charge >= 0.3 is 0 Å². The van der Waals surface area contributed by atoms with Crippen molar-refractivity contribution in [3.8, 4) is 0 Å². The van der Waals surface area contributed by atoms with Gasteiger partial charge in [-0.15, -0.1) is 0 Å². The van der Waals surface area contributed by atoms with E-state index < -0.39 is 25.9 Å². The Balaban J connectivity index is 1.90. The molecule has 0 radical (unpaired) electrons. The smallest absolute Gasteiger partial charge is 0.242 e. The molecule has 0 N–H and O–H groups in total. The van der Waals surface area contributed by atoms with E-state index >= 15 is 0 Å². The fourth-order valence-corrected chi connectivity index (χ4v) is 5.45. The van der Waals surface area contributed by atoms with E-state index in [1.54, 1.807) is 0 Å². The van der Waals surface area contributed by atoms with Gasteiger partial charge in [-0.25, -0.2) is 25.5 Å². The van der Waals surface area contributed by atoms with Crippen molar-refractivity contribution >= 4 is 25.7 Å². The van der Waals surface area contributed by atoms with Crippen molar-refractivity contribution in [2.45, 2.75) is 17.1 Å². The molecule has 2 aromatic carbocycles. The molecule has 0 saturated carbocycles. The van der Waals surface area contributed by atoms with Crippen molar-refractivity contribution in [1.82, 2.24) is 4.31 Å². The summed E-state index contributed by atoms with van der Waals surface area (Å²) in [5, 5.41) is 0. The molecule has 0 aliphatic carbocycles. The van der Waals surface area contributed by atoms with Crippen LogP contribution in [0.1, 0.15) is 11.1 Å². The van der Waals surface area contributed by atoms with Crippen LogP contribution in [0.5, 0.6) is 0 Å². The Morgan fingerprint density at radius 3 is 2.31 bits per heavy atom. The van der Waals surface area contributed by atoms with Crippen LogP contribution in [0.3, 0.4) is 0 Å². The Bertz CT molecular complexity index is 1030. The number of hydrogen-bond acceptors (Lipinski definition) is 4. The first-order valence-corrected chi connectivity index (χ1v) is 11.0. The van der Waals surface area contributed by atoms with Gasteiger partial charge in [-0.05, 0) is 47.9 Å². The Morgan fingerprint density at radius 2 is 1.69 bits per heavy atom. The highest BCUT2D eigenvalue weighted by Gasteiger charge is 2.31. The number of halogens is 1. The minimum atomic E-state index is -3.65. The van der Waals surface area contributed by atoms with Crippen molar-refractivity contribution in [2.75, 3.05) is 24.9 Å². The molecule has 1 heterocycles. The summed E-state index contributed by atoms with van der Waals surface area (Å²) in [7, 11) is -4.33. The molecule has 140 valence electrons. The van der Waals surface area contributed by atoms with Gasteiger partial charge in [0.05, 0.1) is 16.3 Å². The van der Waals surface area contributed by atoms with Crippen LogP contribution in [0.4, 0.5) is 10.1 Å². The quantitative estimate of drug-likeness (QED) is 0.772. The predicted octanol–water partition coefficient (Wildman–Crippen LogP) is 1.97. The minimum absolute atomic E-state index is 0.138. The van der Waals surface area contributed by atoms with Crippen molar-refractivity contribution in [2.24, 2.45) is 0 Å². The van der Waals surface area contributed by atoms with Crippen LogP contribution < -0.4 is 4.31 Å². The molecule has 0 amide bonds. The van der Waals surface area contributed by atoms with Gasteiger partial charge in [-0.3, -0.25) is 4.31 Å². The normalized spacial score (nSPS) is 14.7. The number of anilines is 1. The second-order valence-corrected chi connectivity index (χ2v) is 10.3. The van der Waals surface area contributed by atoms with E-state index in [-0.39, 0.29) is 17.2 Å².